The van der Waals surface area contributed by atoms with Crippen molar-refractivity contribution in [1.29, 1.82) is 0 Å². The number of halogens is 2. The minimum atomic E-state index is -4.13. The zero-order chi connectivity index (χ0) is 29.6. The molecule has 3 aromatic rings. The lowest BCUT2D eigenvalue weighted by molar-refractivity contribution is -0.140. The van der Waals surface area contributed by atoms with Crippen LogP contribution in [-0.4, -0.2) is 43.8 Å². The molecule has 0 radical (unpaired) electrons. The van der Waals surface area contributed by atoms with Gasteiger partial charge in [-0.05, 0) is 68.1 Å². The van der Waals surface area contributed by atoms with E-state index in [-0.39, 0.29) is 23.4 Å². The monoisotopic (exact) mass is 659 g/mol. The van der Waals surface area contributed by atoms with Crippen LogP contribution in [0.5, 0.6) is 0 Å². The number of sulfonamides is 1. The molecule has 0 aromatic heterocycles. The number of nitrogens with zero attached hydrogens (tertiary/aromatic N) is 2. The predicted molar refractivity (Wildman–Crippen MR) is 166 cm³/mol. The van der Waals surface area contributed by atoms with Gasteiger partial charge in [0.1, 0.15) is 12.6 Å². The van der Waals surface area contributed by atoms with Gasteiger partial charge in [0.25, 0.3) is 10.0 Å². The first kappa shape index (κ1) is 31.1. The molecule has 2 amide bonds. The van der Waals surface area contributed by atoms with Crippen LogP contribution in [0.2, 0.25) is 5.02 Å². The van der Waals surface area contributed by atoms with E-state index < -0.39 is 28.5 Å². The van der Waals surface area contributed by atoms with Gasteiger partial charge in [0.15, 0.2) is 0 Å². The average molecular weight is 661 g/mol. The molecule has 3 aromatic carbocycles. The number of hydrogen-bond acceptors (Lipinski definition) is 4. The summed E-state index contributed by atoms with van der Waals surface area (Å²) in [5.41, 5.74) is 1.92. The molecule has 0 spiro atoms. The molecular weight excluding hydrogens is 626 g/mol. The van der Waals surface area contributed by atoms with E-state index in [9.17, 15) is 18.0 Å². The third kappa shape index (κ3) is 7.70. The van der Waals surface area contributed by atoms with Crippen molar-refractivity contribution >= 4 is 55.1 Å². The largest absolute Gasteiger partial charge is 0.352 e. The first-order valence-corrected chi connectivity index (χ1v) is 16.4. The van der Waals surface area contributed by atoms with Crippen LogP contribution in [-0.2, 0) is 26.2 Å². The van der Waals surface area contributed by atoms with Crippen molar-refractivity contribution in [2.45, 2.75) is 69.5 Å². The number of aryl methyl sites for hydroxylation is 1. The Morgan fingerprint density at radius 2 is 1.71 bits per heavy atom. The van der Waals surface area contributed by atoms with E-state index in [1.54, 1.807) is 54.6 Å². The van der Waals surface area contributed by atoms with Crippen molar-refractivity contribution < 1.29 is 18.0 Å². The van der Waals surface area contributed by atoms with E-state index in [1.165, 1.54) is 17.0 Å². The molecule has 41 heavy (non-hydrogen) atoms. The standard InChI is InChI=1S/C31H35BrClN3O4S/c1-3-29(31(38)34-25-11-5-6-12-25)35(20-23-9-4-7-14-28(23)33)30(37)21-36(26-13-8-10-24(32)19-26)41(39,40)27-17-15-22(2)16-18-27/h4,7-10,13-19,25,29H,3,5-6,11-12,20-21H2,1-2H3,(H,34,38)/t29-/m1/s1. The normalized spacial score (nSPS) is 14.4. The molecule has 1 aliphatic rings. The molecule has 1 N–H and O–H groups in total. The van der Waals surface area contributed by atoms with E-state index in [1.807, 2.05) is 19.9 Å². The molecule has 1 fully saturated rings. The summed E-state index contributed by atoms with van der Waals surface area (Å²) in [5, 5.41) is 3.58. The number of benzene rings is 3. The van der Waals surface area contributed by atoms with Gasteiger partial charge in [0.2, 0.25) is 11.8 Å². The Kier molecular flexibility index (Phi) is 10.5. The van der Waals surface area contributed by atoms with Crippen molar-refractivity contribution in [3.8, 4) is 0 Å². The molecule has 4 rings (SSSR count). The number of nitrogens with one attached hydrogen (secondary N) is 1. The molecule has 0 saturated heterocycles. The quantitative estimate of drug-likeness (QED) is 0.255. The molecule has 0 heterocycles. The molecule has 1 saturated carbocycles. The number of amides is 2. The lowest BCUT2D eigenvalue weighted by Gasteiger charge is -2.34. The summed E-state index contributed by atoms with van der Waals surface area (Å²) in [7, 11) is -4.13. The van der Waals surface area contributed by atoms with Crippen LogP contribution < -0.4 is 9.62 Å². The van der Waals surface area contributed by atoms with Gasteiger partial charge < -0.3 is 10.2 Å². The Bertz CT molecular complexity index is 1480. The maximum absolute atomic E-state index is 14.2. The predicted octanol–water partition coefficient (Wildman–Crippen LogP) is 6.47. The topological polar surface area (TPSA) is 86.8 Å². The molecule has 1 atom stereocenters. The van der Waals surface area contributed by atoms with Gasteiger partial charge in [-0.25, -0.2) is 8.42 Å². The minimum Gasteiger partial charge on any atom is -0.352 e. The van der Waals surface area contributed by atoms with Gasteiger partial charge in [-0.3, -0.25) is 13.9 Å². The Balaban J connectivity index is 1.72. The van der Waals surface area contributed by atoms with Crippen molar-refractivity contribution in [2.75, 3.05) is 10.8 Å². The summed E-state index contributed by atoms with van der Waals surface area (Å²) in [6, 6.07) is 19.7. The summed E-state index contributed by atoms with van der Waals surface area (Å²) in [5.74, 6) is -0.746. The second kappa shape index (κ2) is 13.9. The third-order valence-electron chi connectivity index (χ3n) is 7.37. The lowest BCUT2D eigenvalue weighted by atomic mass is 10.1. The fourth-order valence-corrected chi connectivity index (χ4v) is 7.08. The maximum Gasteiger partial charge on any atom is 0.264 e. The highest BCUT2D eigenvalue weighted by atomic mass is 79.9. The van der Waals surface area contributed by atoms with Crippen LogP contribution in [0.1, 0.15) is 50.2 Å². The fraction of sp³-hybridized carbons (Fsp3) is 0.355. The molecule has 1 aliphatic carbocycles. The van der Waals surface area contributed by atoms with E-state index in [0.717, 1.165) is 35.6 Å². The molecule has 0 unspecified atom stereocenters. The molecule has 0 aliphatic heterocycles. The highest BCUT2D eigenvalue weighted by Crippen LogP contribution is 2.28. The number of hydrogen-bond donors (Lipinski definition) is 1. The maximum atomic E-state index is 14.2. The average Bonchev–Trinajstić information content (AvgIpc) is 3.45. The van der Waals surface area contributed by atoms with E-state index in [0.29, 0.717) is 27.2 Å². The van der Waals surface area contributed by atoms with Crippen LogP contribution in [0.15, 0.2) is 82.2 Å². The van der Waals surface area contributed by atoms with Crippen LogP contribution in [0.25, 0.3) is 0 Å². The van der Waals surface area contributed by atoms with E-state index >= 15 is 0 Å². The van der Waals surface area contributed by atoms with Crippen molar-refractivity contribution in [1.82, 2.24) is 10.2 Å². The van der Waals surface area contributed by atoms with Gasteiger partial charge >= 0.3 is 0 Å². The first-order valence-electron chi connectivity index (χ1n) is 13.8. The zero-order valence-electron chi connectivity index (χ0n) is 23.2. The second-order valence-corrected chi connectivity index (χ2v) is 13.5. The Morgan fingerprint density at radius 1 is 1.02 bits per heavy atom. The van der Waals surface area contributed by atoms with Crippen LogP contribution in [0, 0.1) is 6.92 Å². The summed E-state index contributed by atoms with van der Waals surface area (Å²) < 4.78 is 29.7. The Hall–Kier alpha value is -2.88. The van der Waals surface area contributed by atoms with Crippen LogP contribution in [0.4, 0.5) is 5.69 Å². The van der Waals surface area contributed by atoms with Crippen LogP contribution >= 0.6 is 27.5 Å². The Labute approximate surface area is 256 Å². The van der Waals surface area contributed by atoms with Crippen molar-refractivity contribution in [3.63, 3.8) is 0 Å². The van der Waals surface area contributed by atoms with E-state index in [4.69, 9.17) is 11.6 Å². The van der Waals surface area contributed by atoms with Gasteiger partial charge in [-0.15, -0.1) is 0 Å². The van der Waals surface area contributed by atoms with Gasteiger partial charge in [-0.2, -0.15) is 0 Å². The zero-order valence-corrected chi connectivity index (χ0v) is 26.4. The van der Waals surface area contributed by atoms with Gasteiger partial charge in [0, 0.05) is 22.1 Å². The number of rotatable bonds is 11. The SMILES string of the molecule is CC[C@H](C(=O)NC1CCCC1)N(Cc1ccccc1Cl)C(=O)CN(c1cccc(Br)c1)S(=O)(=O)c1ccc(C)cc1. The smallest absolute Gasteiger partial charge is 0.264 e. The van der Waals surface area contributed by atoms with Crippen molar-refractivity contribution in [3.05, 3.63) is 93.4 Å². The van der Waals surface area contributed by atoms with Crippen molar-refractivity contribution in [2.24, 2.45) is 0 Å². The first-order chi connectivity index (χ1) is 19.6. The highest BCUT2D eigenvalue weighted by molar-refractivity contribution is 9.10. The van der Waals surface area contributed by atoms with E-state index in [2.05, 4.69) is 21.2 Å². The lowest BCUT2D eigenvalue weighted by Crippen LogP contribution is -2.53. The summed E-state index contributed by atoms with van der Waals surface area (Å²) in [4.78, 5) is 29.2. The summed E-state index contributed by atoms with van der Waals surface area (Å²) >= 11 is 9.89. The number of carbonyl (C=O) groups excluding carboxylic acids is 2. The third-order valence-corrected chi connectivity index (χ3v) is 10.0. The minimum absolute atomic E-state index is 0.0615. The molecule has 218 valence electrons. The summed E-state index contributed by atoms with van der Waals surface area (Å²) in [6.45, 7) is 3.29. The Morgan fingerprint density at radius 3 is 2.34 bits per heavy atom. The van der Waals surface area contributed by atoms with Gasteiger partial charge in [-0.1, -0.05) is 89.3 Å². The summed E-state index contributed by atoms with van der Waals surface area (Å²) in [6.07, 6.45) is 4.29. The molecular formula is C31H35BrClN3O4S. The van der Waals surface area contributed by atoms with Crippen LogP contribution in [0.3, 0.4) is 0 Å². The number of anilines is 1. The molecule has 0 bridgehead atoms. The fourth-order valence-electron chi connectivity index (χ4n) is 5.09. The molecule has 7 nitrogen and oxygen atoms in total. The molecule has 10 heteroatoms. The second-order valence-electron chi connectivity index (χ2n) is 10.3. The van der Waals surface area contributed by atoms with Gasteiger partial charge in [0.05, 0.1) is 10.6 Å². The number of carbonyl (C=O) groups is 2. The highest BCUT2D eigenvalue weighted by Gasteiger charge is 2.34.